The van der Waals surface area contributed by atoms with Crippen LogP contribution in [0.1, 0.15) is 16.7 Å². The van der Waals surface area contributed by atoms with E-state index in [1.54, 1.807) is 0 Å². The summed E-state index contributed by atoms with van der Waals surface area (Å²) in [5, 5.41) is 0. The molecule has 326 valence electrons. The molecule has 3 aliphatic heterocycles. The van der Waals surface area contributed by atoms with Crippen molar-refractivity contribution in [2.45, 2.75) is 30.6 Å². The van der Waals surface area contributed by atoms with Crippen LogP contribution in [0.4, 0.5) is 51.2 Å². The largest absolute Gasteiger partial charge is 0.311 e. The van der Waals surface area contributed by atoms with Crippen molar-refractivity contribution in [3.63, 3.8) is 0 Å². The number of aryl methyl sites for hydroxylation is 3. The third-order valence-electron chi connectivity index (χ3n) is 14.4. The lowest BCUT2D eigenvalue weighted by Crippen LogP contribution is -2.63. The second-order valence-electron chi connectivity index (χ2n) is 18.7. The predicted molar refractivity (Wildman–Crippen MR) is 296 cm³/mol. The molecule has 13 rings (SSSR count). The summed E-state index contributed by atoms with van der Waals surface area (Å²) < 4.78 is 0. The number of rotatable bonds is 7. The van der Waals surface area contributed by atoms with E-state index < -0.39 is 0 Å². The second-order valence-corrected chi connectivity index (χ2v) is 19.7. The quantitative estimate of drug-likeness (QED) is 0.147. The SMILES string of the molecule is Cc1cc(C)c(B2c3ccccc3Sc3cc4c(cc32)B2c3ccc(-c5ccccc5)cc3N(c3ccccc3)c3cc(N(c5ccccc5)c5ccccc5)cc(c32)N4c2ccccc2)c(C)c1. The number of benzene rings is 10. The van der Waals surface area contributed by atoms with Gasteiger partial charge in [-0.2, -0.15) is 0 Å². The molecule has 6 heteroatoms. The van der Waals surface area contributed by atoms with Crippen molar-refractivity contribution in [3.8, 4) is 11.1 Å². The van der Waals surface area contributed by atoms with Gasteiger partial charge in [-0.25, -0.2) is 0 Å². The van der Waals surface area contributed by atoms with Crippen LogP contribution in [0.3, 0.4) is 0 Å². The average molecular weight is 900 g/mol. The van der Waals surface area contributed by atoms with Crippen molar-refractivity contribution in [2.75, 3.05) is 14.7 Å². The predicted octanol–water partition coefficient (Wildman–Crippen LogP) is 12.8. The molecule has 0 saturated heterocycles. The third kappa shape index (κ3) is 6.84. The minimum Gasteiger partial charge on any atom is -0.311 e. The fourth-order valence-electron chi connectivity index (χ4n) is 11.6. The Morgan fingerprint density at radius 1 is 0.348 bits per heavy atom. The lowest BCUT2D eigenvalue weighted by atomic mass is 9.31. The van der Waals surface area contributed by atoms with Gasteiger partial charge in [-0.1, -0.05) is 196 Å². The van der Waals surface area contributed by atoms with E-state index in [1.807, 2.05) is 11.8 Å². The van der Waals surface area contributed by atoms with Gasteiger partial charge in [0.25, 0.3) is 6.71 Å². The standard InChI is InChI=1S/C63H47B2N3S/c1-42-35-43(2)62(44(3)36-42)65-53-31-19-20-32-60(53)69-61-41-57-54(40-55(61)65)64-52-34-33-46(45-21-9-4-10-22-45)37-56(52)67(49-27-15-7-16-28-49)58-38-51(39-59(63(58)64)68(57)50-29-17-8-18-30-50)66(47-23-11-5-12-24-47)48-25-13-6-14-26-48/h4-41H,1-3H3. The van der Waals surface area contributed by atoms with Gasteiger partial charge < -0.3 is 14.7 Å². The summed E-state index contributed by atoms with van der Waals surface area (Å²) in [6.07, 6.45) is 0. The highest BCUT2D eigenvalue weighted by atomic mass is 32.2. The summed E-state index contributed by atoms with van der Waals surface area (Å²) >= 11 is 1.92. The maximum atomic E-state index is 2.62. The molecule has 0 bridgehead atoms. The summed E-state index contributed by atoms with van der Waals surface area (Å²) in [4.78, 5) is 10.1. The summed E-state index contributed by atoms with van der Waals surface area (Å²) in [7, 11) is 0. The van der Waals surface area contributed by atoms with Crippen molar-refractivity contribution in [2.24, 2.45) is 0 Å². The number of fused-ring (bicyclic) bond motifs is 6. The molecular weight excluding hydrogens is 852 g/mol. The van der Waals surface area contributed by atoms with E-state index in [0.29, 0.717) is 0 Å². The van der Waals surface area contributed by atoms with Crippen LogP contribution in [0.15, 0.2) is 240 Å². The van der Waals surface area contributed by atoms with Gasteiger partial charge in [0.1, 0.15) is 0 Å². The van der Waals surface area contributed by atoms with Crippen LogP contribution in [0.2, 0.25) is 0 Å². The van der Waals surface area contributed by atoms with Gasteiger partial charge in [0.2, 0.25) is 6.71 Å². The molecule has 3 heterocycles. The molecule has 0 radical (unpaired) electrons. The molecule has 69 heavy (non-hydrogen) atoms. The molecule has 10 aromatic carbocycles. The van der Waals surface area contributed by atoms with Crippen molar-refractivity contribution in [3.05, 3.63) is 247 Å². The maximum Gasteiger partial charge on any atom is 0.252 e. The highest BCUT2D eigenvalue weighted by Crippen LogP contribution is 2.49. The molecule has 0 aromatic heterocycles. The summed E-state index contributed by atoms with van der Waals surface area (Å²) in [6, 6.07) is 85.6. The van der Waals surface area contributed by atoms with Crippen LogP contribution in [-0.2, 0) is 0 Å². The Balaban J connectivity index is 1.16. The normalized spacial score (nSPS) is 13.0. The highest BCUT2D eigenvalue weighted by molar-refractivity contribution is 8.00. The third-order valence-corrected chi connectivity index (χ3v) is 15.6. The number of hydrogen-bond donors (Lipinski definition) is 0. The molecule has 0 unspecified atom stereocenters. The van der Waals surface area contributed by atoms with E-state index in [9.17, 15) is 0 Å². The van der Waals surface area contributed by atoms with Crippen molar-refractivity contribution >= 4 is 109 Å². The minimum absolute atomic E-state index is 0.0750. The van der Waals surface area contributed by atoms with E-state index in [4.69, 9.17) is 0 Å². The zero-order chi connectivity index (χ0) is 46.2. The Labute approximate surface area is 410 Å². The van der Waals surface area contributed by atoms with Gasteiger partial charge in [-0.3, -0.25) is 0 Å². The Morgan fingerprint density at radius 2 is 0.855 bits per heavy atom. The first kappa shape index (κ1) is 41.3. The van der Waals surface area contributed by atoms with Crippen molar-refractivity contribution in [1.82, 2.24) is 0 Å². The first-order valence-electron chi connectivity index (χ1n) is 24.0. The summed E-state index contributed by atoms with van der Waals surface area (Å²) in [6.45, 7) is 6.84. The topological polar surface area (TPSA) is 9.72 Å². The van der Waals surface area contributed by atoms with E-state index >= 15 is 0 Å². The average Bonchev–Trinajstić information content (AvgIpc) is 3.39. The highest BCUT2D eigenvalue weighted by Gasteiger charge is 2.46. The second kappa shape index (κ2) is 16.7. The van der Waals surface area contributed by atoms with E-state index in [0.717, 1.165) is 28.4 Å². The first-order valence-corrected chi connectivity index (χ1v) is 24.8. The van der Waals surface area contributed by atoms with Crippen LogP contribution in [0.25, 0.3) is 11.1 Å². The van der Waals surface area contributed by atoms with Crippen LogP contribution >= 0.6 is 11.8 Å². The zero-order valence-corrected chi connectivity index (χ0v) is 39.7. The van der Waals surface area contributed by atoms with Gasteiger partial charge >= 0.3 is 0 Å². The van der Waals surface area contributed by atoms with Gasteiger partial charge in [-0.05, 0) is 127 Å². The van der Waals surface area contributed by atoms with Gasteiger partial charge in [-0.15, -0.1) is 0 Å². The Bertz CT molecular complexity index is 3530. The molecule has 0 amide bonds. The summed E-state index contributed by atoms with van der Waals surface area (Å²) in [5.41, 5.74) is 24.7. The number of para-hydroxylation sites is 4. The van der Waals surface area contributed by atoms with Gasteiger partial charge in [0.15, 0.2) is 0 Å². The van der Waals surface area contributed by atoms with Gasteiger partial charge in [0, 0.05) is 55.3 Å². The Hall–Kier alpha value is -7.92. The molecule has 3 aliphatic rings. The van der Waals surface area contributed by atoms with Crippen LogP contribution < -0.4 is 47.5 Å². The van der Waals surface area contributed by atoms with E-state index in [-0.39, 0.29) is 13.4 Å². The van der Waals surface area contributed by atoms with Gasteiger partial charge in [0.05, 0.1) is 5.69 Å². The minimum atomic E-state index is -0.0750. The Kier molecular flexibility index (Phi) is 9.99. The molecule has 0 aliphatic carbocycles. The first-order chi connectivity index (χ1) is 34.0. The van der Waals surface area contributed by atoms with Crippen molar-refractivity contribution in [1.29, 1.82) is 0 Å². The fraction of sp³-hybridized carbons (Fsp3) is 0.0476. The van der Waals surface area contributed by atoms with E-state index in [1.165, 1.54) is 93.1 Å². The number of nitrogens with zero attached hydrogens (tertiary/aromatic N) is 3. The smallest absolute Gasteiger partial charge is 0.252 e. The molecule has 0 N–H and O–H groups in total. The van der Waals surface area contributed by atoms with Crippen LogP contribution in [0, 0.1) is 20.8 Å². The monoisotopic (exact) mass is 899 g/mol. The summed E-state index contributed by atoms with van der Waals surface area (Å²) in [5.74, 6) is 0. The van der Waals surface area contributed by atoms with Crippen molar-refractivity contribution < 1.29 is 0 Å². The molecule has 0 atom stereocenters. The number of anilines is 9. The fourth-order valence-corrected chi connectivity index (χ4v) is 12.8. The molecule has 3 nitrogen and oxygen atoms in total. The zero-order valence-electron chi connectivity index (χ0n) is 38.8. The molecule has 0 spiro atoms. The van der Waals surface area contributed by atoms with Crippen LogP contribution in [0.5, 0.6) is 0 Å². The lowest BCUT2D eigenvalue weighted by Gasteiger charge is -2.45. The maximum absolute atomic E-state index is 2.62. The number of hydrogen-bond acceptors (Lipinski definition) is 4. The molecular formula is C63H47B2N3S. The molecule has 0 fully saturated rings. The molecule has 0 saturated carbocycles. The van der Waals surface area contributed by atoms with E-state index in [2.05, 4.69) is 266 Å². The molecule has 10 aromatic rings. The Morgan fingerprint density at radius 3 is 1.45 bits per heavy atom. The lowest BCUT2D eigenvalue weighted by molar-refractivity contribution is 1.22. The van der Waals surface area contributed by atoms with Crippen LogP contribution in [-0.4, -0.2) is 13.4 Å².